The Kier molecular flexibility index (Phi) is 11.1. The van der Waals surface area contributed by atoms with Gasteiger partial charge in [-0.25, -0.2) is 13.8 Å². The molecule has 44 heavy (non-hydrogen) atoms. The average Bonchev–Trinajstić information content (AvgIpc) is 3.03. The second-order valence-electron chi connectivity index (χ2n) is 9.07. The number of para-hydroxylation sites is 1. The summed E-state index contributed by atoms with van der Waals surface area (Å²) in [5.41, 5.74) is 4.09. The summed E-state index contributed by atoms with van der Waals surface area (Å²) in [7, 11) is 0.170. The minimum atomic E-state index is -4.19. The van der Waals surface area contributed by atoms with Crippen molar-refractivity contribution in [1.29, 1.82) is 0 Å². The highest BCUT2D eigenvalue weighted by Gasteiger charge is 2.28. The second kappa shape index (κ2) is 15.0. The number of hydrogen-bond donors (Lipinski definition) is 1. The fourth-order valence-electron chi connectivity index (χ4n) is 4.08. The lowest BCUT2D eigenvalue weighted by atomic mass is 10.2. The molecule has 0 aliphatic heterocycles. The number of carbonyl (C=O) groups is 1. The molecule has 0 saturated heterocycles. The van der Waals surface area contributed by atoms with Gasteiger partial charge in [-0.2, -0.15) is 5.10 Å². The Bertz CT molecular complexity index is 1750. The molecular formula is C31H29BrClN3O7S. The third-order valence-electron chi connectivity index (χ3n) is 6.26. The van der Waals surface area contributed by atoms with Crippen LogP contribution in [0.2, 0.25) is 5.02 Å². The average molecular weight is 703 g/mol. The fraction of sp³-hybridized carbons (Fsp3) is 0.161. The number of hydrazone groups is 1. The first kappa shape index (κ1) is 32.6. The molecule has 1 N–H and O–H groups in total. The minimum Gasteiger partial charge on any atom is -0.493 e. The van der Waals surface area contributed by atoms with Crippen LogP contribution in [0.25, 0.3) is 0 Å². The normalized spacial score (nSPS) is 11.2. The second-order valence-corrected chi connectivity index (χ2v) is 12.2. The Labute approximate surface area is 269 Å². The molecule has 0 spiro atoms. The lowest BCUT2D eigenvalue weighted by Crippen LogP contribution is -2.39. The third-order valence-corrected chi connectivity index (χ3v) is 8.99. The third kappa shape index (κ3) is 7.81. The number of nitrogens with one attached hydrogen (secondary N) is 1. The SMILES string of the molecule is COc1ccc(S(=O)(=O)N(CC(=O)N/N=C\c2cc(Br)c(OCc3ccccc3Cl)c(OC)c2)c2ccccc2)cc1OC. The number of nitrogens with zero attached hydrogens (tertiary/aromatic N) is 2. The molecular weight excluding hydrogens is 674 g/mol. The lowest BCUT2D eigenvalue weighted by molar-refractivity contribution is -0.119. The van der Waals surface area contributed by atoms with E-state index in [2.05, 4.69) is 26.5 Å². The Hall–Kier alpha value is -4.26. The topological polar surface area (TPSA) is 116 Å². The van der Waals surface area contributed by atoms with E-state index in [9.17, 15) is 13.2 Å². The van der Waals surface area contributed by atoms with E-state index in [0.29, 0.717) is 38.0 Å². The van der Waals surface area contributed by atoms with Crippen molar-refractivity contribution in [2.24, 2.45) is 5.10 Å². The number of rotatable bonds is 13. The van der Waals surface area contributed by atoms with E-state index in [4.69, 9.17) is 30.5 Å². The van der Waals surface area contributed by atoms with Gasteiger partial charge in [0.1, 0.15) is 13.2 Å². The maximum absolute atomic E-state index is 13.7. The first-order valence-electron chi connectivity index (χ1n) is 13.0. The van der Waals surface area contributed by atoms with Crippen molar-refractivity contribution in [2.75, 3.05) is 32.2 Å². The maximum Gasteiger partial charge on any atom is 0.264 e. The summed E-state index contributed by atoms with van der Waals surface area (Å²) in [6.45, 7) is -0.317. The molecule has 1 amide bonds. The predicted octanol–water partition coefficient (Wildman–Crippen LogP) is 6.05. The van der Waals surface area contributed by atoms with Crippen LogP contribution in [0, 0.1) is 0 Å². The zero-order chi connectivity index (χ0) is 31.7. The molecule has 13 heteroatoms. The first-order valence-corrected chi connectivity index (χ1v) is 15.6. The van der Waals surface area contributed by atoms with Crippen molar-refractivity contribution in [3.63, 3.8) is 0 Å². The molecule has 0 unspecified atom stereocenters. The van der Waals surface area contributed by atoms with E-state index in [1.807, 2.05) is 18.2 Å². The fourth-order valence-corrected chi connectivity index (χ4v) is 6.28. The zero-order valence-electron chi connectivity index (χ0n) is 24.0. The molecule has 0 bridgehead atoms. The van der Waals surface area contributed by atoms with Crippen LogP contribution in [0.4, 0.5) is 5.69 Å². The summed E-state index contributed by atoms with van der Waals surface area (Å²) in [4.78, 5) is 12.9. The molecule has 4 rings (SSSR count). The van der Waals surface area contributed by atoms with Crippen LogP contribution in [0.15, 0.2) is 99.4 Å². The van der Waals surface area contributed by atoms with E-state index in [1.165, 1.54) is 45.7 Å². The van der Waals surface area contributed by atoms with E-state index in [1.54, 1.807) is 48.5 Å². The number of anilines is 1. The molecule has 0 fully saturated rings. The van der Waals surface area contributed by atoms with Crippen molar-refractivity contribution >= 4 is 55.4 Å². The molecule has 0 aliphatic carbocycles. The number of hydrogen-bond acceptors (Lipinski definition) is 8. The summed E-state index contributed by atoms with van der Waals surface area (Å²) >= 11 is 9.73. The van der Waals surface area contributed by atoms with Crippen LogP contribution in [-0.4, -0.2) is 48.4 Å². The van der Waals surface area contributed by atoms with E-state index in [-0.39, 0.29) is 17.3 Å². The van der Waals surface area contributed by atoms with Gasteiger partial charge < -0.3 is 18.9 Å². The molecule has 0 radical (unpaired) electrons. The summed E-state index contributed by atoms with van der Waals surface area (Å²) in [6.07, 6.45) is 1.40. The Morgan fingerprint density at radius 1 is 0.909 bits per heavy atom. The monoisotopic (exact) mass is 701 g/mol. The molecule has 230 valence electrons. The minimum absolute atomic E-state index is 0.0795. The molecule has 0 heterocycles. The Morgan fingerprint density at radius 3 is 2.27 bits per heavy atom. The first-order chi connectivity index (χ1) is 21.2. The molecule has 4 aromatic carbocycles. The molecule has 0 aliphatic rings. The van der Waals surface area contributed by atoms with Gasteiger partial charge in [0.05, 0.1) is 42.6 Å². The zero-order valence-corrected chi connectivity index (χ0v) is 27.1. The van der Waals surface area contributed by atoms with Crippen molar-refractivity contribution in [3.8, 4) is 23.0 Å². The number of sulfonamides is 1. The molecule has 0 atom stereocenters. The van der Waals surface area contributed by atoms with Crippen LogP contribution < -0.4 is 28.7 Å². The van der Waals surface area contributed by atoms with Crippen LogP contribution >= 0.6 is 27.5 Å². The van der Waals surface area contributed by atoms with Gasteiger partial charge in [0, 0.05) is 16.7 Å². The van der Waals surface area contributed by atoms with Gasteiger partial charge >= 0.3 is 0 Å². The maximum atomic E-state index is 13.7. The van der Waals surface area contributed by atoms with Crippen LogP contribution in [0.3, 0.4) is 0 Å². The smallest absolute Gasteiger partial charge is 0.264 e. The van der Waals surface area contributed by atoms with Gasteiger partial charge in [-0.3, -0.25) is 9.10 Å². The van der Waals surface area contributed by atoms with Gasteiger partial charge in [0.25, 0.3) is 15.9 Å². The summed E-state index contributed by atoms with van der Waals surface area (Å²) in [5, 5.41) is 4.61. The van der Waals surface area contributed by atoms with Crippen LogP contribution in [-0.2, 0) is 21.4 Å². The summed E-state index contributed by atoms with van der Waals surface area (Å²) in [6, 6.07) is 23.3. The van der Waals surface area contributed by atoms with Crippen molar-refractivity contribution in [1.82, 2.24) is 5.43 Å². The van der Waals surface area contributed by atoms with E-state index < -0.39 is 22.5 Å². The highest BCUT2D eigenvalue weighted by Crippen LogP contribution is 2.37. The predicted molar refractivity (Wildman–Crippen MR) is 173 cm³/mol. The quantitative estimate of drug-likeness (QED) is 0.133. The Morgan fingerprint density at radius 2 is 1.59 bits per heavy atom. The van der Waals surface area contributed by atoms with Gasteiger partial charge in [-0.15, -0.1) is 0 Å². The number of ether oxygens (including phenoxy) is 4. The largest absolute Gasteiger partial charge is 0.493 e. The van der Waals surface area contributed by atoms with Crippen molar-refractivity contribution < 1.29 is 32.2 Å². The molecule has 10 nitrogen and oxygen atoms in total. The number of methoxy groups -OCH3 is 3. The summed E-state index contributed by atoms with van der Waals surface area (Å²) in [5.74, 6) is 0.827. The van der Waals surface area contributed by atoms with Crippen molar-refractivity contribution in [2.45, 2.75) is 11.5 Å². The number of amides is 1. The lowest BCUT2D eigenvalue weighted by Gasteiger charge is -2.24. The van der Waals surface area contributed by atoms with Gasteiger partial charge in [0.15, 0.2) is 23.0 Å². The highest BCUT2D eigenvalue weighted by atomic mass is 79.9. The number of benzene rings is 4. The van der Waals surface area contributed by atoms with Gasteiger partial charge in [-0.05, 0) is 64.0 Å². The van der Waals surface area contributed by atoms with Crippen LogP contribution in [0.5, 0.6) is 23.0 Å². The standard InChI is InChI=1S/C31H29BrClN3O7S/c1-40-27-14-13-24(17-28(27)41-2)44(38,39)36(23-10-5-4-6-11-23)19-30(37)35-34-18-21-15-25(32)31(29(16-21)42-3)43-20-22-9-7-8-12-26(22)33/h4-18H,19-20H2,1-3H3,(H,35,37)/b34-18-. The highest BCUT2D eigenvalue weighted by molar-refractivity contribution is 9.10. The van der Waals surface area contributed by atoms with E-state index in [0.717, 1.165) is 9.87 Å². The summed E-state index contributed by atoms with van der Waals surface area (Å²) < 4.78 is 50.9. The molecule has 4 aromatic rings. The van der Waals surface area contributed by atoms with Gasteiger partial charge in [-0.1, -0.05) is 48.0 Å². The van der Waals surface area contributed by atoms with E-state index >= 15 is 0 Å². The Balaban J connectivity index is 1.50. The molecule has 0 aromatic heterocycles. The number of carbonyl (C=O) groups excluding carboxylic acids is 1. The molecule has 0 saturated carbocycles. The number of halogens is 2. The van der Waals surface area contributed by atoms with Crippen molar-refractivity contribution in [3.05, 3.63) is 106 Å². The van der Waals surface area contributed by atoms with Gasteiger partial charge in [0.2, 0.25) is 0 Å². The van der Waals surface area contributed by atoms with Crippen LogP contribution in [0.1, 0.15) is 11.1 Å².